The summed E-state index contributed by atoms with van der Waals surface area (Å²) in [6.07, 6.45) is 0. The average Bonchev–Trinajstić information content (AvgIpc) is 2.58. The molecule has 0 atom stereocenters. The van der Waals surface area contributed by atoms with Gasteiger partial charge in [-0.15, -0.1) is 0 Å². The Kier molecular flexibility index (Phi) is 6.82. The zero-order valence-corrected chi connectivity index (χ0v) is 16.1. The minimum atomic E-state index is -0.998. The zero-order chi connectivity index (χ0) is 18.4. The van der Waals surface area contributed by atoms with Crippen LogP contribution in [-0.2, 0) is 4.79 Å². The Morgan fingerprint density at radius 3 is 2.64 bits per heavy atom. The van der Waals surface area contributed by atoms with Gasteiger partial charge in [0.1, 0.15) is 18.9 Å². The van der Waals surface area contributed by atoms with E-state index in [2.05, 4.69) is 43.2 Å². The molecule has 0 aromatic heterocycles. The Morgan fingerprint density at radius 2 is 2.00 bits per heavy atom. The molecule has 0 fully saturated rings. The topological polar surface area (TPSA) is 103 Å². The second-order valence-electron chi connectivity index (χ2n) is 4.96. The van der Waals surface area contributed by atoms with Crippen LogP contribution in [0.1, 0.15) is 5.56 Å². The summed E-state index contributed by atoms with van der Waals surface area (Å²) >= 11 is 6.85. The number of hydrogen-bond donors (Lipinski definition) is 3. The molecule has 3 N–H and O–H groups in total. The van der Waals surface area contributed by atoms with Crippen molar-refractivity contribution in [3.63, 3.8) is 0 Å². The maximum atomic E-state index is 10.9. The molecule has 0 amide bonds. The number of aliphatic hydroxyl groups is 1. The fourth-order valence-corrected chi connectivity index (χ4v) is 3.56. The van der Waals surface area contributed by atoms with Crippen LogP contribution in [0.15, 0.2) is 39.3 Å². The third-order valence-electron chi connectivity index (χ3n) is 3.21. The van der Waals surface area contributed by atoms with Crippen LogP contribution in [-0.4, -0.2) is 35.9 Å². The first-order valence-corrected chi connectivity index (χ1v) is 8.77. The smallest absolute Gasteiger partial charge is 0.322 e. The van der Waals surface area contributed by atoms with Gasteiger partial charge in [0.25, 0.3) is 0 Å². The molecule has 130 valence electrons. The second kappa shape index (κ2) is 8.85. The molecule has 0 spiro atoms. The number of nitrogens with one attached hydrogen (secondary N) is 1. The van der Waals surface area contributed by atoms with Crippen LogP contribution in [0, 0.1) is 11.3 Å². The number of nitrogens with zero attached hydrogens (tertiary/aromatic N) is 1. The van der Waals surface area contributed by atoms with Crippen molar-refractivity contribution < 1.29 is 19.7 Å². The number of benzene rings is 2. The lowest BCUT2D eigenvalue weighted by Crippen LogP contribution is -2.13. The van der Waals surface area contributed by atoms with E-state index in [4.69, 9.17) is 14.9 Å². The minimum Gasteiger partial charge on any atom is -0.489 e. The molecular formula is C17H14Br2N2O4. The molecular weight excluding hydrogens is 456 g/mol. The van der Waals surface area contributed by atoms with Crippen LogP contribution in [0.2, 0.25) is 0 Å². The number of carbonyl (C=O) groups is 1. The highest BCUT2D eigenvalue weighted by molar-refractivity contribution is 9.11. The zero-order valence-electron chi connectivity index (χ0n) is 12.9. The average molecular weight is 470 g/mol. The maximum absolute atomic E-state index is 10.9. The van der Waals surface area contributed by atoms with E-state index >= 15 is 0 Å². The van der Waals surface area contributed by atoms with Gasteiger partial charge < -0.3 is 20.3 Å². The van der Waals surface area contributed by atoms with Gasteiger partial charge in [0, 0.05) is 21.3 Å². The molecule has 2 aromatic carbocycles. The van der Waals surface area contributed by atoms with Gasteiger partial charge in [0.05, 0.1) is 22.7 Å². The predicted molar refractivity (Wildman–Crippen MR) is 101 cm³/mol. The molecule has 2 aromatic rings. The summed E-state index contributed by atoms with van der Waals surface area (Å²) in [4.78, 5) is 10.9. The standard InChI is InChI=1S/C17H14Br2N2O4/c18-11-6-13(17(14(19)7-11)25-4-3-22)12-5-10(8-20)1-2-15(12)21-9-16(23)24/h1-2,5-7,21-22H,3-4,9H2,(H,23,24). The number of carboxylic acids is 1. The number of hydrogen-bond acceptors (Lipinski definition) is 5. The maximum Gasteiger partial charge on any atom is 0.322 e. The summed E-state index contributed by atoms with van der Waals surface area (Å²) < 4.78 is 7.07. The number of ether oxygens (including phenoxy) is 1. The molecule has 0 saturated carbocycles. The van der Waals surface area contributed by atoms with E-state index < -0.39 is 5.97 Å². The Labute approximate surface area is 161 Å². The van der Waals surface area contributed by atoms with Gasteiger partial charge in [0.15, 0.2) is 0 Å². The van der Waals surface area contributed by atoms with Crippen LogP contribution in [0.4, 0.5) is 5.69 Å². The van der Waals surface area contributed by atoms with Gasteiger partial charge in [-0.2, -0.15) is 5.26 Å². The van der Waals surface area contributed by atoms with Crippen molar-refractivity contribution in [1.29, 1.82) is 5.26 Å². The molecule has 2 rings (SSSR count). The fraction of sp³-hybridized carbons (Fsp3) is 0.176. The third-order valence-corrected chi connectivity index (χ3v) is 4.26. The van der Waals surface area contributed by atoms with Crippen molar-refractivity contribution in [3.05, 3.63) is 44.8 Å². The SMILES string of the molecule is N#Cc1ccc(NCC(=O)O)c(-c2cc(Br)cc(Br)c2OCCO)c1. The van der Waals surface area contributed by atoms with E-state index in [0.29, 0.717) is 32.6 Å². The summed E-state index contributed by atoms with van der Waals surface area (Å²) in [5.74, 6) is -0.506. The van der Waals surface area contributed by atoms with E-state index in [1.165, 1.54) is 0 Å². The number of rotatable bonds is 7. The lowest BCUT2D eigenvalue weighted by molar-refractivity contribution is -0.134. The van der Waals surface area contributed by atoms with Gasteiger partial charge in [-0.3, -0.25) is 4.79 Å². The predicted octanol–water partition coefficient (Wildman–Crippen LogP) is 3.62. The van der Waals surface area contributed by atoms with E-state index in [-0.39, 0.29) is 19.8 Å². The highest BCUT2D eigenvalue weighted by Gasteiger charge is 2.16. The lowest BCUT2D eigenvalue weighted by atomic mass is 10.00. The monoisotopic (exact) mass is 468 g/mol. The van der Waals surface area contributed by atoms with Crippen molar-refractivity contribution in [2.24, 2.45) is 0 Å². The van der Waals surface area contributed by atoms with Crippen LogP contribution >= 0.6 is 31.9 Å². The van der Waals surface area contributed by atoms with Crippen molar-refractivity contribution >= 4 is 43.5 Å². The minimum absolute atomic E-state index is 0.100. The molecule has 0 heterocycles. The Balaban J connectivity index is 2.62. The summed E-state index contributed by atoms with van der Waals surface area (Å²) in [5, 5.41) is 30.0. The first-order chi connectivity index (χ1) is 12.0. The Morgan fingerprint density at radius 1 is 1.24 bits per heavy atom. The van der Waals surface area contributed by atoms with Gasteiger partial charge in [-0.25, -0.2) is 0 Å². The number of nitriles is 1. The van der Waals surface area contributed by atoms with Crippen LogP contribution in [0.3, 0.4) is 0 Å². The quantitative estimate of drug-likeness (QED) is 0.572. The number of carboxylic acid groups (broad SMARTS) is 1. The molecule has 0 radical (unpaired) electrons. The van der Waals surface area contributed by atoms with Gasteiger partial charge >= 0.3 is 5.97 Å². The van der Waals surface area contributed by atoms with Crippen LogP contribution in [0.25, 0.3) is 11.1 Å². The van der Waals surface area contributed by atoms with E-state index in [0.717, 1.165) is 4.47 Å². The van der Waals surface area contributed by atoms with Crippen LogP contribution in [0.5, 0.6) is 5.75 Å². The first-order valence-electron chi connectivity index (χ1n) is 7.19. The molecule has 0 saturated heterocycles. The van der Waals surface area contributed by atoms with Crippen molar-refractivity contribution in [2.75, 3.05) is 25.1 Å². The largest absolute Gasteiger partial charge is 0.489 e. The summed E-state index contributed by atoms with van der Waals surface area (Å²) in [6, 6.07) is 10.6. The van der Waals surface area contributed by atoms with Gasteiger partial charge in [-0.1, -0.05) is 15.9 Å². The number of aliphatic carboxylic acids is 1. The lowest BCUT2D eigenvalue weighted by Gasteiger charge is -2.17. The molecule has 0 bridgehead atoms. The molecule has 8 heteroatoms. The molecule has 0 aliphatic heterocycles. The second-order valence-corrected chi connectivity index (χ2v) is 6.73. The molecule has 6 nitrogen and oxygen atoms in total. The van der Waals surface area contributed by atoms with Crippen molar-refractivity contribution in [1.82, 2.24) is 0 Å². The van der Waals surface area contributed by atoms with E-state index in [9.17, 15) is 10.1 Å². The molecule has 0 unspecified atom stereocenters. The normalized spacial score (nSPS) is 10.2. The summed E-state index contributed by atoms with van der Waals surface area (Å²) in [6.45, 7) is -0.311. The Hall–Kier alpha value is -2.08. The van der Waals surface area contributed by atoms with Gasteiger partial charge in [0.2, 0.25) is 0 Å². The fourth-order valence-electron chi connectivity index (χ4n) is 2.22. The first kappa shape index (κ1) is 19.2. The molecule has 25 heavy (non-hydrogen) atoms. The van der Waals surface area contributed by atoms with Crippen molar-refractivity contribution in [3.8, 4) is 22.9 Å². The van der Waals surface area contributed by atoms with Crippen LogP contribution < -0.4 is 10.1 Å². The summed E-state index contributed by atoms with van der Waals surface area (Å²) in [7, 11) is 0. The van der Waals surface area contributed by atoms with E-state index in [1.54, 1.807) is 30.3 Å². The molecule has 0 aliphatic carbocycles. The third kappa shape index (κ3) is 4.95. The number of anilines is 1. The Bertz CT molecular complexity index is 834. The summed E-state index contributed by atoms with van der Waals surface area (Å²) in [5.41, 5.74) is 2.26. The number of halogens is 2. The van der Waals surface area contributed by atoms with E-state index in [1.807, 2.05) is 0 Å². The highest BCUT2D eigenvalue weighted by Crippen LogP contribution is 2.42. The number of aliphatic hydroxyl groups excluding tert-OH is 1. The van der Waals surface area contributed by atoms with Crippen molar-refractivity contribution in [2.45, 2.75) is 0 Å². The molecule has 0 aliphatic rings. The van der Waals surface area contributed by atoms with Gasteiger partial charge in [-0.05, 0) is 46.3 Å². The highest BCUT2D eigenvalue weighted by atomic mass is 79.9.